The van der Waals surface area contributed by atoms with Gasteiger partial charge in [-0.05, 0) is 18.4 Å². The van der Waals surface area contributed by atoms with E-state index < -0.39 is 30.1 Å². The van der Waals surface area contributed by atoms with Crippen LogP contribution in [0.4, 0.5) is 4.79 Å². The van der Waals surface area contributed by atoms with E-state index in [4.69, 9.17) is 10.2 Å². The van der Waals surface area contributed by atoms with E-state index in [2.05, 4.69) is 5.32 Å². The number of hydrogen-bond acceptors (Lipinski definition) is 4. The number of rotatable bonds is 9. The first kappa shape index (κ1) is 21.4. The third-order valence-corrected chi connectivity index (χ3v) is 3.71. The van der Waals surface area contributed by atoms with Crippen LogP contribution in [0.15, 0.2) is 24.3 Å². The Balaban J connectivity index is 2.96. The SMILES string of the molecule is Cc1ccc(C(CC(=O)O)NC(=O)N(CC(C)C)CC(O)C(=O)O)cc1. The van der Waals surface area contributed by atoms with Crippen molar-refractivity contribution in [2.75, 3.05) is 13.1 Å². The minimum Gasteiger partial charge on any atom is -0.481 e. The number of carbonyl (C=O) groups excluding carboxylic acids is 1. The number of aliphatic hydroxyl groups excluding tert-OH is 1. The lowest BCUT2D eigenvalue weighted by molar-refractivity contribution is -0.147. The van der Waals surface area contributed by atoms with Crippen molar-refractivity contribution in [1.29, 1.82) is 0 Å². The zero-order valence-electron chi connectivity index (χ0n) is 15.2. The summed E-state index contributed by atoms with van der Waals surface area (Å²) >= 11 is 0. The number of nitrogens with one attached hydrogen (secondary N) is 1. The first-order valence-corrected chi connectivity index (χ1v) is 8.34. The minimum absolute atomic E-state index is 0.0408. The molecule has 2 amide bonds. The van der Waals surface area contributed by atoms with Crippen molar-refractivity contribution in [2.45, 2.75) is 39.3 Å². The second-order valence-electron chi connectivity index (χ2n) is 6.66. The number of benzene rings is 1. The first-order valence-electron chi connectivity index (χ1n) is 8.34. The summed E-state index contributed by atoms with van der Waals surface area (Å²) in [4.78, 5) is 35.8. The lowest BCUT2D eigenvalue weighted by Crippen LogP contribution is -2.48. The predicted molar refractivity (Wildman–Crippen MR) is 94.8 cm³/mol. The molecule has 1 aromatic carbocycles. The predicted octanol–water partition coefficient (Wildman–Crippen LogP) is 1.62. The number of amides is 2. The Morgan fingerprint density at radius 1 is 1.08 bits per heavy atom. The molecule has 8 nitrogen and oxygen atoms in total. The van der Waals surface area contributed by atoms with E-state index in [-0.39, 0.29) is 25.4 Å². The molecule has 2 atom stereocenters. The Kier molecular flexibility index (Phi) is 8.05. The summed E-state index contributed by atoms with van der Waals surface area (Å²) in [7, 11) is 0. The van der Waals surface area contributed by atoms with Crippen LogP contribution in [-0.2, 0) is 9.59 Å². The van der Waals surface area contributed by atoms with Gasteiger partial charge in [-0.25, -0.2) is 9.59 Å². The van der Waals surface area contributed by atoms with Gasteiger partial charge in [0.05, 0.1) is 19.0 Å². The van der Waals surface area contributed by atoms with Crippen LogP contribution in [0, 0.1) is 12.8 Å². The summed E-state index contributed by atoms with van der Waals surface area (Å²) in [5.41, 5.74) is 1.63. The molecule has 0 spiro atoms. The van der Waals surface area contributed by atoms with Crippen LogP contribution < -0.4 is 5.32 Å². The number of urea groups is 1. The molecule has 0 aliphatic heterocycles. The standard InChI is InChI=1S/C18H26N2O6/c1-11(2)9-20(10-15(21)17(24)25)18(26)19-14(8-16(22)23)13-6-4-12(3)5-7-13/h4-7,11,14-15,21H,8-10H2,1-3H3,(H,19,26)(H,22,23)(H,24,25). The molecule has 0 radical (unpaired) electrons. The highest BCUT2D eigenvalue weighted by atomic mass is 16.4. The molecular weight excluding hydrogens is 340 g/mol. The maximum atomic E-state index is 12.6. The van der Waals surface area contributed by atoms with Gasteiger partial charge in [0.2, 0.25) is 0 Å². The molecule has 0 fully saturated rings. The van der Waals surface area contributed by atoms with Gasteiger partial charge in [0.1, 0.15) is 0 Å². The highest BCUT2D eigenvalue weighted by molar-refractivity contribution is 5.78. The molecule has 0 saturated heterocycles. The van der Waals surface area contributed by atoms with Gasteiger partial charge in [-0.15, -0.1) is 0 Å². The fourth-order valence-corrected chi connectivity index (χ4v) is 2.43. The van der Waals surface area contributed by atoms with Gasteiger partial charge in [-0.2, -0.15) is 0 Å². The summed E-state index contributed by atoms with van der Waals surface area (Å²) in [6, 6.07) is 5.72. The zero-order valence-corrected chi connectivity index (χ0v) is 15.2. The van der Waals surface area contributed by atoms with Crippen molar-refractivity contribution in [3.8, 4) is 0 Å². The monoisotopic (exact) mass is 366 g/mol. The minimum atomic E-state index is -1.71. The summed E-state index contributed by atoms with van der Waals surface area (Å²) in [6.45, 7) is 5.44. The number of aliphatic hydroxyl groups is 1. The van der Waals surface area contributed by atoms with Gasteiger partial charge in [0.25, 0.3) is 0 Å². The smallest absolute Gasteiger partial charge is 0.334 e. The molecule has 0 aliphatic rings. The second kappa shape index (κ2) is 9.76. The highest BCUT2D eigenvalue weighted by Crippen LogP contribution is 2.18. The summed E-state index contributed by atoms with van der Waals surface area (Å²) < 4.78 is 0. The zero-order chi connectivity index (χ0) is 19.9. The number of carboxylic acids is 2. The van der Waals surface area contributed by atoms with Crippen LogP contribution >= 0.6 is 0 Å². The average Bonchev–Trinajstić information content (AvgIpc) is 2.53. The maximum Gasteiger partial charge on any atom is 0.334 e. The average molecular weight is 366 g/mol. The molecule has 0 bridgehead atoms. The number of aliphatic carboxylic acids is 2. The van der Waals surface area contributed by atoms with Gasteiger partial charge in [-0.1, -0.05) is 43.7 Å². The Morgan fingerprint density at radius 2 is 1.65 bits per heavy atom. The van der Waals surface area contributed by atoms with Gasteiger partial charge in [0, 0.05) is 6.54 Å². The Labute approximate surface area is 152 Å². The number of carboxylic acid groups (broad SMARTS) is 2. The molecule has 144 valence electrons. The molecule has 26 heavy (non-hydrogen) atoms. The van der Waals surface area contributed by atoms with Crippen molar-refractivity contribution in [3.05, 3.63) is 35.4 Å². The van der Waals surface area contributed by atoms with Crippen molar-refractivity contribution < 1.29 is 29.7 Å². The van der Waals surface area contributed by atoms with Gasteiger partial charge >= 0.3 is 18.0 Å². The van der Waals surface area contributed by atoms with E-state index in [1.165, 1.54) is 4.90 Å². The summed E-state index contributed by atoms with van der Waals surface area (Å²) in [6.07, 6.45) is -2.02. The largest absolute Gasteiger partial charge is 0.481 e. The molecule has 4 N–H and O–H groups in total. The molecule has 0 aromatic heterocycles. The van der Waals surface area contributed by atoms with Crippen molar-refractivity contribution in [3.63, 3.8) is 0 Å². The van der Waals surface area contributed by atoms with E-state index >= 15 is 0 Å². The highest BCUT2D eigenvalue weighted by Gasteiger charge is 2.26. The van der Waals surface area contributed by atoms with Crippen molar-refractivity contribution in [2.24, 2.45) is 5.92 Å². The number of hydrogen-bond donors (Lipinski definition) is 4. The van der Waals surface area contributed by atoms with E-state index in [0.717, 1.165) is 5.56 Å². The summed E-state index contributed by atoms with van der Waals surface area (Å²) in [5, 5.41) is 30.2. The quantitative estimate of drug-likeness (QED) is 0.526. The van der Waals surface area contributed by atoms with Crippen LogP contribution in [0.1, 0.15) is 37.4 Å². The van der Waals surface area contributed by atoms with Crippen LogP contribution in [0.25, 0.3) is 0 Å². The number of nitrogens with zero attached hydrogens (tertiary/aromatic N) is 1. The molecule has 0 saturated carbocycles. The maximum absolute atomic E-state index is 12.6. The molecular formula is C18H26N2O6. The Morgan fingerprint density at radius 3 is 2.12 bits per heavy atom. The van der Waals surface area contributed by atoms with Gasteiger partial charge < -0.3 is 25.5 Å². The number of aryl methyl sites for hydroxylation is 1. The fraction of sp³-hybridized carbons (Fsp3) is 0.500. The Bertz CT molecular complexity index is 629. The topological polar surface area (TPSA) is 127 Å². The van der Waals surface area contributed by atoms with Crippen LogP contribution in [0.5, 0.6) is 0 Å². The third kappa shape index (κ3) is 7.10. The first-order chi connectivity index (χ1) is 12.1. The van der Waals surface area contributed by atoms with Gasteiger partial charge in [-0.3, -0.25) is 4.79 Å². The van der Waals surface area contributed by atoms with E-state index in [1.807, 2.05) is 32.9 Å². The second-order valence-corrected chi connectivity index (χ2v) is 6.66. The summed E-state index contributed by atoms with van der Waals surface area (Å²) in [5.74, 6) is -2.46. The van der Waals surface area contributed by atoms with E-state index in [9.17, 15) is 19.5 Å². The molecule has 0 aliphatic carbocycles. The molecule has 1 aromatic rings. The van der Waals surface area contributed by atoms with Crippen LogP contribution in [0.3, 0.4) is 0 Å². The van der Waals surface area contributed by atoms with Gasteiger partial charge in [0.15, 0.2) is 6.10 Å². The Hall–Kier alpha value is -2.61. The normalized spacial score (nSPS) is 13.1. The van der Waals surface area contributed by atoms with Crippen molar-refractivity contribution >= 4 is 18.0 Å². The molecule has 2 unspecified atom stereocenters. The molecule has 8 heteroatoms. The van der Waals surface area contributed by atoms with Crippen LogP contribution in [-0.4, -0.2) is 57.4 Å². The van der Waals surface area contributed by atoms with Crippen molar-refractivity contribution in [1.82, 2.24) is 10.2 Å². The fourth-order valence-electron chi connectivity index (χ4n) is 2.43. The van der Waals surface area contributed by atoms with E-state index in [0.29, 0.717) is 5.56 Å². The third-order valence-electron chi connectivity index (χ3n) is 3.71. The molecule has 1 rings (SSSR count). The lowest BCUT2D eigenvalue weighted by Gasteiger charge is -2.28. The van der Waals surface area contributed by atoms with E-state index in [1.54, 1.807) is 12.1 Å². The van der Waals surface area contributed by atoms with Crippen LogP contribution in [0.2, 0.25) is 0 Å². The molecule has 0 heterocycles. The number of carbonyl (C=O) groups is 3. The lowest BCUT2D eigenvalue weighted by atomic mass is 10.0.